The first kappa shape index (κ1) is 13.4. The van der Waals surface area contributed by atoms with Crippen molar-refractivity contribution >= 4 is 10.0 Å². The van der Waals surface area contributed by atoms with Gasteiger partial charge < -0.3 is 9.51 Å². The van der Waals surface area contributed by atoms with Crippen LogP contribution in [0.3, 0.4) is 0 Å². The quantitative estimate of drug-likeness (QED) is 0.770. The van der Waals surface area contributed by atoms with Gasteiger partial charge in [0, 0.05) is 25.2 Å². The highest BCUT2D eigenvalue weighted by atomic mass is 32.2. The Labute approximate surface area is 108 Å². The lowest BCUT2D eigenvalue weighted by Crippen LogP contribution is -2.26. The van der Waals surface area contributed by atoms with Gasteiger partial charge in [-0.1, -0.05) is 5.16 Å². The minimum atomic E-state index is -3.65. The first-order chi connectivity index (χ1) is 8.97. The second-order valence-electron chi connectivity index (χ2n) is 3.77. The minimum absolute atomic E-state index is 0.00573. The van der Waals surface area contributed by atoms with Gasteiger partial charge >= 0.3 is 0 Å². The normalized spacial score (nSPS) is 11.6. The van der Waals surface area contributed by atoms with Gasteiger partial charge in [0.25, 0.3) is 0 Å². The number of sulfonamides is 1. The maximum absolute atomic E-state index is 11.8. The summed E-state index contributed by atoms with van der Waals surface area (Å²) in [7, 11) is -3.65. The fourth-order valence-corrected chi connectivity index (χ4v) is 2.38. The van der Waals surface area contributed by atoms with E-state index < -0.39 is 10.0 Å². The Morgan fingerprint density at radius 3 is 2.79 bits per heavy atom. The first-order valence-electron chi connectivity index (χ1n) is 5.45. The Morgan fingerprint density at radius 2 is 2.21 bits per heavy atom. The molecule has 0 fully saturated rings. The number of aryl methyl sites for hydroxylation is 1. The van der Waals surface area contributed by atoms with Gasteiger partial charge in [-0.15, -0.1) is 0 Å². The number of nitrogens with one attached hydrogen (secondary N) is 2. The van der Waals surface area contributed by atoms with E-state index in [2.05, 4.69) is 19.8 Å². The van der Waals surface area contributed by atoms with Crippen LogP contribution >= 0.6 is 0 Å². The van der Waals surface area contributed by atoms with Crippen molar-refractivity contribution in [1.29, 1.82) is 0 Å². The van der Waals surface area contributed by atoms with Crippen molar-refractivity contribution in [2.75, 3.05) is 6.54 Å². The van der Waals surface area contributed by atoms with Crippen LogP contribution in [0, 0.1) is 6.92 Å². The third-order valence-corrected chi connectivity index (χ3v) is 3.73. The molecule has 9 heteroatoms. The van der Waals surface area contributed by atoms with Crippen LogP contribution in [0.2, 0.25) is 0 Å². The Hall–Kier alpha value is -2.00. The molecule has 2 rings (SSSR count). The molecule has 0 spiro atoms. The number of hydrogen-bond donors (Lipinski definition) is 2. The molecule has 0 unspecified atom stereocenters. The van der Waals surface area contributed by atoms with Gasteiger partial charge in [0.1, 0.15) is 0 Å². The molecule has 2 N–H and O–H groups in total. The predicted molar refractivity (Wildman–Crippen MR) is 65.0 cm³/mol. The zero-order valence-electron chi connectivity index (χ0n) is 10.1. The number of hydrogen-bond acceptors (Lipinski definition) is 6. The van der Waals surface area contributed by atoms with Crippen LogP contribution in [-0.4, -0.2) is 30.1 Å². The zero-order chi connectivity index (χ0) is 13.9. The summed E-state index contributed by atoms with van der Waals surface area (Å²) in [5.74, 6) is 0.861. The topological polar surface area (TPSA) is 118 Å². The number of aromatic amines is 1. The van der Waals surface area contributed by atoms with Crippen LogP contribution < -0.4 is 10.3 Å². The molecule has 0 aromatic carbocycles. The minimum Gasteiger partial charge on any atom is -0.339 e. The van der Waals surface area contributed by atoms with E-state index in [9.17, 15) is 13.2 Å². The van der Waals surface area contributed by atoms with E-state index in [1.165, 1.54) is 6.07 Å². The highest BCUT2D eigenvalue weighted by Gasteiger charge is 2.14. The van der Waals surface area contributed by atoms with Crippen LogP contribution in [-0.2, 0) is 16.4 Å². The lowest BCUT2D eigenvalue weighted by molar-refractivity contribution is 0.375. The molecule has 2 heterocycles. The van der Waals surface area contributed by atoms with Crippen LogP contribution in [0.4, 0.5) is 0 Å². The first-order valence-corrected chi connectivity index (χ1v) is 6.93. The maximum atomic E-state index is 11.8. The van der Waals surface area contributed by atoms with Gasteiger partial charge in [-0.2, -0.15) is 4.98 Å². The summed E-state index contributed by atoms with van der Waals surface area (Å²) in [5.41, 5.74) is -0.361. The van der Waals surface area contributed by atoms with Gasteiger partial charge in [0.2, 0.25) is 21.5 Å². The van der Waals surface area contributed by atoms with Crippen molar-refractivity contribution in [2.24, 2.45) is 0 Å². The Balaban J connectivity index is 1.98. The van der Waals surface area contributed by atoms with Crippen LogP contribution in [0.15, 0.2) is 32.5 Å². The average molecular weight is 284 g/mol. The number of rotatable bonds is 5. The van der Waals surface area contributed by atoms with Crippen molar-refractivity contribution in [3.63, 3.8) is 0 Å². The van der Waals surface area contributed by atoms with Gasteiger partial charge in [0.05, 0.1) is 4.90 Å². The largest absolute Gasteiger partial charge is 0.339 e. The van der Waals surface area contributed by atoms with E-state index in [1.54, 1.807) is 6.92 Å². The van der Waals surface area contributed by atoms with Crippen molar-refractivity contribution in [3.05, 3.63) is 40.4 Å². The molecule has 0 saturated heterocycles. The summed E-state index contributed by atoms with van der Waals surface area (Å²) in [5, 5.41) is 3.60. The number of nitrogens with zero attached hydrogens (tertiary/aromatic N) is 2. The van der Waals surface area contributed by atoms with Gasteiger partial charge in [-0.05, 0) is 13.0 Å². The van der Waals surface area contributed by atoms with E-state index in [-0.39, 0.29) is 17.0 Å². The molecule has 102 valence electrons. The molecule has 0 aliphatic carbocycles. The number of aromatic nitrogens is 3. The molecule has 0 bridgehead atoms. The fraction of sp³-hybridized carbons (Fsp3) is 0.300. The predicted octanol–water partition coefficient (Wildman–Crippen LogP) is -0.413. The van der Waals surface area contributed by atoms with Gasteiger partial charge in [-0.3, -0.25) is 4.79 Å². The van der Waals surface area contributed by atoms with Crippen molar-refractivity contribution in [1.82, 2.24) is 19.8 Å². The van der Waals surface area contributed by atoms with Gasteiger partial charge in [0.15, 0.2) is 5.82 Å². The van der Waals surface area contributed by atoms with Crippen LogP contribution in [0.5, 0.6) is 0 Å². The van der Waals surface area contributed by atoms with Crippen molar-refractivity contribution in [2.45, 2.75) is 18.2 Å². The Morgan fingerprint density at radius 1 is 1.42 bits per heavy atom. The van der Waals surface area contributed by atoms with Crippen LogP contribution in [0.1, 0.15) is 11.7 Å². The summed E-state index contributed by atoms with van der Waals surface area (Å²) in [6, 6.07) is 2.38. The summed E-state index contributed by atoms with van der Waals surface area (Å²) >= 11 is 0. The summed E-state index contributed by atoms with van der Waals surface area (Å²) in [6.45, 7) is 1.81. The molecule has 2 aromatic heterocycles. The molecule has 19 heavy (non-hydrogen) atoms. The molecule has 0 aliphatic rings. The fourth-order valence-electron chi connectivity index (χ4n) is 1.38. The molecule has 2 aromatic rings. The van der Waals surface area contributed by atoms with E-state index >= 15 is 0 Å². The average Bonchev–Trinajstić information content (AvgIpc) is 2.75. The maximum Gasteiger partial charge on any atom is 0.247 e. The number of H-pyrrole nitrogens is 1. The molecule has 0 aliphatic heterocycles. The second-order valence-corrected chi connectivity index (χ2v) is 5.54. The second kappa shape index (κ2) is 5.33. The van der Waals surface area contributed by atoms with E-state index in [0.717, 1.165) is 12.3 Å². The highest BCUT2D eigenvalue weighted by molar-refractivity contribution is 7.89. The molecular formula is C10H12N4O4S. The Bertz CT molecular complexity index is 699. The molecule has 0 amide bonds. The zero-order valence-corrected chi connectivity index (χ0v) is 10.9. The summed E-state index contributed by atoms with van der Waals surface area (Å²) < 4.78 is 30.9. The molecule has 8 nitrogen and oxygen atoms in total. The van der Waals surface area contributed by atoms with E-state index in [1.807, 2.05) is 0 Å². The summed E-state index contributed by atoms with van der Waals surface area (Å²) in [4.78, 5) is 17.1. The molecule has 0 radical (unpaired) electrons. The molecular weight excluding hydrogens is 272 g/mol. The monoisotopic (exact) mass is 284 g/mol. The molecule has 0 saturated carbocycles. The van der Waals surface area contributed by atoms with E-state index in [0.29, 0.717) is 18.1 Å². The standard InChI is InChI=1S/C10H12N4O4S/c1-7-13-10(18-14-7)4-5-12-19(16,17)8-2-3-9(15)11-6-8/h2-3,6,12H,4-5H2,1H3,(H,11,15). The van der Waals surface area contributed by atoms with Crippen molar-refractivity contribution in [3.8, 4) is 0 Å². The van der Waals surface area contributed by atoms with Crippen LogP contribution in [0.25, 0.3) is 0 Å². The third-order valence-electron chi connectivity index (χ3n) is 2.27. The lowest BCUT2D eigenvalue weighted by atomic mass is 10.4. The van der Waals surface area contributed by atoms with Gasteiger partial charge in [-0.25, -0.2) is 13.1 Å². The smallest absolute Gasteiger partial charge is 0.247 e. The third kappa shape index (κ3) is 3.48. The highest BCUT2D eigenvalue weighted by Crippen LogP contribution is 2.04. The lowest BCUT2D eigenvalue weighted by Gasteiger charge is -2.04. The Kier molecular flexibility index (Phi) is 3.76. The SMILES string of the molecule is Cc1noc(CCNS(=O)(=O)c2ccc(=O)[nH]c2)n1. The summed E-state index contributed by atoms with van der Waals surface area (Å²) in [6.07, 6.45) is 1.44. The number of pyridine rings is 1. The van der Waals surface area contributed by atoms with E-state index in [4.69, 9.17) is 4.52 Å². The van der Waals surface area contributed by atoms with Crippen molar-refractivity contribution < 1.29 is 12.9 Å². The molecule has 0 atom stereocenters.